The van der Waals surface area contributed by atoms with Crippen LogP contribution in [0, 0.1) is 5.82 Å². The first-order valence-corrected chi connectivity index (χ1v) is 10.6. The van der Waals surface area contributed by atoms with E-state index in [-0.39, 0.29) is 25.0 Å². The van der Waals surface area contributed by atoms with Crippen LogP contribution in [0.15, 0.2) is 51.1 Å². The van der Waals surface area contributed by atoms with Gasteiger partial charge in [0, 0.05) is 13.5 Å². The molecule has 4 heterocycles. The number of benzene rings is 1. The highest BCUT2D eigenvalue weighted by atomic mass is 32.1. The van der Waals surface area contributed by atoms with Gasteiger partial charge in [-0.3, -0.25) is 18.6 Å². The number of carbonyl (C=O) groups is 1. The molecule has 0 aliphatic heterocycles. The summed E-state index contributed by atoms with van der Waals surface area (Å²) in [4.78, 5) is 28.7. The molecular formula is C21H16FN5O4S. The molecule has 9 nitrogen and oxygen atoms in total. The van der Waals surface area contributed by atoms with Gasteiger partial charge in [0.2, 0.25) is 5.78 Å². The number of esters is 1. The Balaban J connectivity index is 1.26. The summed E-state index contributed by atoms with van der Waals surface area (Å²) >= 11 is 1.33. The van der Waals surface area contributed by atoms with Crippen LogP contribution in [-0.2, 0) is 29.6 Å². The Bertz CT molecular complexity index is 1520. The monoisotopic (exact) mass is 453 g/mol. The summed E-state index contributed by atoms with van der Waals surface area (Å²) in [5, 5.41) is 9.94. The zero-order chi connectivity index (χ0) is 22.2. The summed E-state index contributed by atoms with van der Waals surface area (Å²) in [6, 6.07) is 8.03. The smallest absolute Gasteiger partial charge is 0.306 e. The second-order valence-corrected chi connectivity index (χ2v) is 7.93. The number of rotatable bonds is 6. The topological polar surface area (TPSA) is 105 Å². The minimum atomic E-state index is -0.473. The third-order valence-corrected chi connectivity index (χ3v) is 5.89. The lowest BCUT2D eigenvalue weighted by atomic mass is 10.2. The molecule has 5 rings (SSSR count). The van der Waals surface area contributed by atoms with E-state index in [2.05, 4.69) is 15.2 Å². The number of oxazole rings is 1. The number of thiophene rings is 1. The van der Waals surface area contributed by atoms with Crippen LogP contribution in [0.4, 0.5) is 4.39 Å². The van der Waals surface area contributed by atoms with E-state index in [0.29, 0.717) is 39.0 Å². The van der Waals surface area contributed by atoms with E-state index in [0.717, 1.165) is 0 Å². The highest BCUT2D eigenvalue weighted by Crippen LogP contribution is 2.24. The van der Waals surface area contributed by atoms with Crippen molar-refractivity contribution < 1.29 is 18.3 Å². The van der Waals surface area contributed by atoms with Gasteiger partial charge in [0.05, 0.1) is 23.7 Å². The summed E-state index contributed by atoms with van der Waals surface area (Å²) in [7, 11) is 1.62. The quantitative estimate of drug-likeness (QED) is 0.364. The third kappa shape index (κ3) is 3.46. The molecule has 1 aromatic carbocycles. The molecule has 0 radical (unpaired) electrons. The van der Waals surface area contributed by atoms with E-state index < -0.39 is 11.8 Å². The van der Waals surface area contributed by atoms with Crippen molar-refractivity contribution in [2.75, 3.05) is 0 Å². The van der Waals surface area contributed by atoms with E-state index in [1.807, 2.05) is 5.38 Å². The number of ether oxygens (including phenoxy) is 1. The highest BCUT2D eigenvalue weighted by Gasteiger charge is 2.17. The minimum absolute atomic E-state index is 0.0281. The van der Waals surface area contributed by atoms with E-state index in [1.165, 1.54) is 28.2 Å². The molecule has 0 atom stereocenters. The number of hydrogen-bond donors (Lipinski definition) is 0. The molecule has 0 aliphatic rings. The molecule has 32 heavy (non-hydrogen) atoms. The number of fused-ring (bicyclic) bond motifs is 3. The Morgan fingerprint density at radius 1 is 1.25 bits per heavy atom. The molecule has 4 aromatic heterocycles. The van der Waals surface area contributed by atoms with E-state index in [9.17, 15) is 14.0 Å². The second kappa shape index (κ2) is 8.00. The minimum Gasteiger partial charge on any atom is -0.457 e. The zero-order valence-corrected chi connectivity index (χ0v) is 17.6. The summed E-state index contributed by atoms with van der Waals surface area (Å²) in [5.41, 5.74) is 0.824. The van der Waals surface area contributed by atoms with Gasteiger partial charge < -0.3 is 9.15 Å². The highest BCUT2D eigenvalue weighted by molar-refractivity contribution is 7.17. The number of aryl methyl sites for hydroxylation is 2. The van der Waals surface area contributed by atoms with Gasteiger partial charge in [-0.2, -0.15) is 0 Å². The SMILES string of the molecule is Cn1c(=O)c2sccc2n2c(COC(=O)CCc3ncc(-c4ccccc4F)o3)nnc12. The Morgan fingerprint density at radius 2 is 2.09 bits per heavy atom. The van der Waals surface area contributed by atoms with Crippen LogP contribution in [-0.4, -0.2) is 30.1 Å². The van der Waals surface area contributed by atoms with Gasteiger partial charge in [0.25, 0.3) is 5.56 Å². The number of carbonyl (C=O) groups excluding carboxylic acids is 1. The molecule has 5 aromatic rings. The van der Waals surface area contributed by atoms with E-state index in [1.54, 1.807) is 35.7 Å². The van der Waals surface area contributed by atoms with Crippen LogP contribution in [0.1, 0.15) is 18.1 Å². The maximum atomic E-state index is 13.9. The molecule has 0 aliphatic carbocycles. The average molecular weight is 453 g/mol. The first-order valence-electron chi connectivity index (χ1n) is 9.68. The van der Waals surface area contributed by atoms with Crippen LogP contribution in [0.3, 0.4) is 0 Å². The molecule has 0 saturated heterocycles. The van der Waals surface area contributed by atoms with Gasteiger partial charge in [-0.15, -0.1) is 21.5 Å². The predicted octanol–water partition coefficient (Wildman–Crippen LogP) is 3.11. The number of aromatic nitrogens is 5. The van der Waals surface area contributed by atoms with Crippen molar-refractivity contribution in [2.24, 2.45) is 7.05 Å². The van der Waals surface area contributed by atoms with Crippen LogP contribution < -0.4 is 5.56 Å². The fourth-order valence-corrected chi connectivity index (χ4v) is 4.23. The van der Waals surface area contributed by atoms with Crippen LogP contribution in [0.5, 0.6) is 0 Å². The number of nitrogens with zero attached hydrogens (tertiary/aromatic N) is 5. The van der Waals surface area contributed by atoms with Crippen molar-refractivity contribution in [3.63, 3.8) is 0 Å². The number of hydrogen-bond acceptors (Lipinski definition) is 8. The Kier molecular flexibility index (Phi) is 5.02. The fourth-order valence-electron chi connectivity index (χ4n) is 3.38. The van der Waals surface area contributed by atoms with Crippen molar-refractivity contribution >= 4 is 33.3 Å². The lowest BCUT2D eigenvalue weighted by Crippen LogP contribution is -2.19. The predicted molar refractivity (Wildman–Crippen MR) is 114 cm³/mol. The second-order valence-electron chi connectivity index (χ2n) is 7.01. The van der Waals surface area contributed by atoms with Crippen molar-refractivity contribution in [1.82, 2.24) is 24.1 Å². The molecule has 11 heteroatoms. The Morgan fingerprint density at radius 3 is 2.94 bits per heavy atom. The van der Waals surface area contributed by atoms with Crippen LogP contribution in [0.2, 0.25) is 0 Å². The molecule has 0 amide bonds. The summed E-state index contributed by atoms with van der Waals surface area (Å²) in [6.07, 6.45) is 1.66. The maximum Gasteiger partial charge on any atom is 0.306 e. The third-order valence-electron chi connectivity index (χ3n) is 5.00. The zero-order valence-electron chi connectivity index (χ0n) is 16.8. The normalized spacial score (nSPS) is 11.4. The maximum absolute atomic E-state index is 13.9. The first kappa shape index (κ1) is 20.1. The molecular weight excluding hydrogens is 437 g/mol. The Hall–Kier alpha value is -3.86. The van der Waals surface area contributed by atoms with Crippen LogP contribution >= 0.6 is 11.3 Å². The molecule has 0 bridgehead atoms. The summed E-state index contributed by atoms with van der Waals surface area (Å²) < 4.78 is 28.5. The van der Waals surface area contributed by atoms with Gasteiger partial charge in [0.1, 0.15) is 10.5 Å². The van der Waals surface area contributed by atoms with Gasteiger partial charge in [-0.05, 0) is 23.6 Å². The molecule has 0 saturated carbocycles. The molecule has 0 unspecified atom stereocenters. The first-order chi connectivity index (χ1) is 15.5. The van der Waals surface area contributed by atoms with Gasteiger partial charge >= 0.3 is 5.97 Å². The van der Waals surface area contributed by atoms with E-state index >= 15 is 0 Å². The average Bonchev–Trinajstić information content (AvgIpc) is 3.54. The largest absolute Gasteiger partial charge is 0.457 e. The molecule has 162 valence electrons. The molecule has 0 fully saturated rings. The summed E-state index contributed by atoms with van der Waals surface area (Å²) in [5.74, 6) is 0.499. The van der Waals surface area contributed by atoms with Gasteiger partial charge in [0.15, 0.2) is 24.1 Å². The standard InChI is InChI=1S/C21H16FN5O4S/c1-26-20(29)19-14(8-9-32-19)27-16(24-25-21(26)27)11-30-18(28)7-6-17-23-10-15(31-17)12-4-2-3-5-13(12)22/h2-5,8-10H,6-7,11H2,1H3. The molecule has 0 spiro atoms. The van der Waals surface area contributed by atoms with Crippen molar-refractivity contribution in [3.8, 4) is 11.3 Å². The van der Waals surface area contributed by atoms with Gasteiger partial charge in [-0.1, -0.05) is 12.1 Å². The fraction of sp³-hybridized carbons (Fsp3) is 0.190. The molecule has 0 N–H and O–H groups in total. The van der Waals surface area contributed by atoms with Gasteiger partial charge in [-0.25, -0.2) is 9.37 Å². The van der Waals surface area contributed by atoms with E-state index in [4.69, 9.17) is 9.15 Å². The lowest BCUT2D eigenvalue weighted by Gasteiger charge is -2.06. The lowest BCUT2D eigenvalue weighted by molar-refractivity contribution is -0.145. The van der Waals surface area contributed by atoms with Crippen LogP contribution in [0.25, 0.3) is 27.3 Å². The van der Waals surface area contributed by atoms with Crippen molar-refractivity contribution in [3.05, 3.63) is 69.8 Å². The summed E-state index contributed by atoms with van der Waals surface area (Å²) in [6.45, 7) is -0.102. The number of halogens is 1. The van der Waals surface area contributed by atoms with Crippen molar-refractivity contribution in [2.45, 2.75) is 19.4 Å². The Labute approximate surface area is 183 Å². The van der Waals surface area contributed by atoms with Crippen molar-refractivity contribution in [1.29, 1.82) is 0 Å².